The Morgan fingerprint density at radius 3 is 2.42 bits per heavy atom. The van der Waals surface area contributed by atoms with E-state index in [1.807, 2.05) is 0 Å². The number of ether oxygens (including phenoxy) is 1. The number of halogens is 3. The lowest BCUT2D eigenvalue weighted by Gasteiger charge is -2.26. The van der Waals surface area contributed by atoms with Gasteiger partial charge in [0.05, 0.1) is 15.1 Å². The van der Waals surface area contributed by atoms with Gasteiger partial charge >= 0.3 is 6.03 Å². The van der Waals surface area contributed by atoms with Crippen molar-refractivity contribution in [2.24, 2.45) is 0 Å². The van der Waals surface area contributed by atoms with E-state index in [1.54, 1.807) is 30.3 Å². The first-order valence-corrected chi connectivity index (χ1v) is 11.8. The Labute approximate surface area is 220 Å². The number of carbonyl (C=O) groups is 3. The van der Waals surface area contributed by atoms with Crippen LogP contribution in [0.4, 0.5) is 20.6 Å². The van der Waals surface area contributed by atoms with Gasteiger partial charge < -0.3 is 4.74 Å². The van der Waals surface area contributed by atoms with Crippen LogP contribution in [0.5, 0.6) is 5.75 Å². The SMILES string of the molecule is O=C1NC(=O)N(c2ccc([N+](=O)[O-])cc2)C(=O)/C1=C/c1cc(Br)cc(Br)c1OCc1ccccc1F. The van der Waals surface area contributed by atoms with Gasteiger partial charge in [-0.25, -0.2) is 14.1 Å². The van der Waals surface area contributed by atoms with Crippen molar-refractivity contribution in [2.75, 3.05) is 4.90 Å². The summed E-state index contributed by atoms with van der Waals surface area (Å²) >= 11 is 6.73. The summed E-state index contributed by atoms with van der Waals surface area (Å²) in [5.41, 5.74) is 0.0177. The summed E-state index contributed by atoms with van der Waals surface area (Å²) in [5.74, 6) is -2.09. The van der Waals surface area contributed by atoms with Crippen LogP contribution in [0, 0.1) is 15.9 Å². The summed E-state index contributed by atoms with van der Waals surface area (Å²) in [6.45, 7) is -0.128. The number of hydrogen-bond donors (Lipinski definition) is 1. The molecule has 1 fully saturated rings. The van der Waals surface area contributed by atoms with Gasteiger partial charge in [-0.3, -0.25) is 25.0 Å². The van der Waals surface area contributed by atoms with Crippen LogP contribution >= 0.6 is 31.9 Å². The second-order valence-electron chi connectivity index (χ2n) is 7.42. The quantitative estimate of drug-likeness (QED) is 0.169. The maximum Gasteiger partial charge on any atom is 0.335 e. The van der Waals surface area contributed by atoms with Crippen molar-refractivity contribution in [3.63, 3.8) is 0 Å². The second kappa shape index (κ2) is 10.4. The van der Waals surface area contributed by atoms with Gasteiger partial charge in [-0.15, -0.1) is 0 Å². The van der Waals surface area contributed by atoms with E-state index in [-0.39, 0.29) is 29.3 Å². The second-order valence-corrected chi connectivity index (χ2v) is 9.19. The van der Waals surface area contributed by atoms with Crippen molar-refractivity contribution >= 4 is 67.2 Å². The predicted molar refractivity (Wildman–Crippen MR) is 135 cm³/mol. The maximum atomic E-state index is 14.1. The van der Waals surface area contributed by atoms with Gasteiger partial charge in [-0.1, -0.05) is 34.1 Å². The van der Waals surface area contributed by atoms with E-state index < -0.39 is 28.6 Å². The molecule has 0 saturated carbocycles. The number of anilines is 1. The van der Waals surface area contributed by atoms with E-state index in [4.69, 9.17) is 4.74 Å². The molecule has 0 radical (unpaired) electrons. The van der Waals surface area contributed by atoms with Crippen LogP contribution in [0.1, 0.15) is 11.1 Å². The van der Waals surface area contributed by atoms with Crippen LogP contribution < -0.4 is 15.0 Å². The van der Waals surface area contributed by atoms with Crippen molar-refractivity contribution in [3.05, 3.63) is 102 Å². The zero-order valence-electron chi connectivity index (χ0n) is 18.0. The molecule has 0 bridgehead atoms. The highest BCUT2D eigenvalue weighted by atomic mass is 79.9. The summed E-state index contributed by atoms with van der Waals surface area (Å²) in [7, 11) is 0. The number of nitrogens with zero attached hydrogens (tertiary/aromatic N) is 2. The average molecular weight is 619 g/mol. The van der Waals surface area contributed by atoms with Crippen molar-refractivity contribution in [1.82, 2.24) is 5.32 Å². The minimum atomic E-state index is -0.998. The standard InChI is InChI=1S/C24H14Br2FN3O6/c25-15-9-14(21(19(26)11-15)36-12-13-3-1-2-4-20(13)27)10-18-22(31)28-24(33)29(23(18)32)16-5-7-17(8-6-16)30(34)35/h1-11H,12H2,(H,28,31,33)/b18-10+. The molecule has 0 atom stereocenters. The molecule has 36 heavy (non-hydrogen) atoms. The number of nitro benzene ring substituents is 1. The number of imide groups is 2. The van der Waals surface area contributed by atoms with Gasteiger partial charge in [0.15, 0.2) is 0 Å². The number of non-ortho nitro benzene ring substituents is 1. The molecule has 182 valence electrons. The number of nitrogens with one attached hydrogen (secondary N) is 1. The summed E-state index contributed by atoms with van der Waals surface area (Å²) in [6.07, 6.45) is 1.24. The van der Waals surface area contributed by atoms with Crippen LogP contribution in [-0.2, 0) is 16.2 Å². The number of nitro groups is 1. The fourth-order valence-electron chi connectivity index (χ4n) is 3.38. The number of urea groups is 1. The molecule has 4 rings (SSSR count). The third-order valence-corrected chi connectivity index (χ3v) is 6.13. The molecule has 1 N–H and O–H groups in total. The van der Waals surface area contributed by atoms with E-state index in [9.17, 15) is 28.9 Å². The lowest BCUT2D eigenvalue weighted by molar-refractivity contribution is -0.384. The number of hydrogen-bond acceptors (Lipinski definition) is 6. The lowest BCUT2D eigenvalue weighted by atomic mass is 10.1. The molecular weight excluding hydrogens is 605 g/mol. The molecule has 12 heteroatoms. The number of barbiturate groups is 1. The molecule has 1 saturated heterocycles. The van der Waals surface area contributed by atoms with E-state index in [2.05, 4.69) is 37.2 Å². The molecule has 0 aromatic heterocycles. The summed E-state index contributed by atoms with van der Waals surface area (Å²) < 4.78 is 20.9. The van der Waals surface area contributed by atoms with Crippen molar-refractivity contribution in [2.45, 2.75) is 6.61 Å². The topological polar surface area (TPSA) is 119 Å². The Morgan fingerprint density at radius 1 is 1.06 bits per heavy atom. The third-order valence-electron chi connectivity index (χ3n) is 5.09. The number of amides is 4. The Bertz CT molecular complexity index is 1440. The minimum Gasteiger partial charge on any atom is -0.487 e. The average Bonchev–Trinajstić information content (AvgIpc) is 2.82. The molecule has 0 aliphatic carbocycles. The molecule has 0 spiro atoms. The van der Waals surface area contributed by atoms with Gasteiger partial charge in [0.2, 0.25) is 0 Å². The van der Waals surface area contributed by atoms with Gasteiger partial charge in [0.1, 0.15) is 23.7 Å². The zero-order valence-corrected chi connectivity index (χ0v) is 21.2. The van der Waals surface area contributed by atoms with Crippen molar-refractivity contribution < 1.29 is 28.4 Å². The Hall–Kier alpha value is -3.90. The highest BCUT2D eigenvalue weighted by molar-refractivity contribution is 9.11. The first kappa shape index (κ1) is 25.2. The zero-order chi connectivity index (χ0) is 26.0. The van der Waals surface area contributed by atoms with E-state index in [0.29, 0.717) is 25.0 Å². The largest absolute Gasteiger partial charge is 0.487 e. The predicted octanol–water partition coefficient (Wildman–Crippen LogP) is 5.50. The molecule has 4 amide bonds. The lowest BCUT2D eigenvalue weighted by Crippen LogP contribution is -2.54. The number of benzene rings is 3. The fourth-order valence-corrected chi connectivity index (χ4v) is 4.75. The Morgan fingerprint density at radius 2 is 1.75 bits per heavy atom. The Kier molecular flexibility index (Phi) is 7.27. The number of carbonyl (C=O) groups excluding carboxylic acids is 3. The fraction of sp³-hybridized carbons (Fsp3) is 0.0417. The van der Waals surface area contributed by atoms with Crippen LogP contribution in [0.2, 0.25) is 0 Å². The normalized spacial score (nSPS) is 14.7. The van der Waals surface area contributed by atoms with Gasteiger partial charge in [0.25, 0.3) is 17.5 Å². The van der Waals surface area contributed by atoms with Gasteiger partial charge in [0, 0.05) is 27.7 Å². The van der Waals surface area contributed by atoms with Gasteiger partial charge in [-0.05, 0) is 52.3 Å². The molecule has 9 nitrogen and oxygen atoms in total. The smallest absolute Gasteiger partial charge is 0.335 e. The van der Waals surface area contributed by atoms with Crippen molar-refractivity contribution in [1.29, 1.82) is 0 Å². The summed E-state index contributed by atoms with van der Waals surface area (Å²) in [4.78, 5) is 49.2. The molecule has 1 aliphatic rings. The molecular formula is C24H14Br2FN3O6. The highest BCUT2D eigenvalue weighted by Gasteiger charge is 2.37. The van der Waals surface area contributed by atoms with E-state index in [0.717, 1.165) is 12.1 Å². The third kappa shape index (κ3) is 5.19. The molecule has 1 heterocycles. The summed E-state index contributed by atoms with van der Waals surface area (Å²) in [5, 5.41) is 13.0. The molecule has 0 unspecified atom stereocenters. The molecule has 1 aliphatic heterocycles. The summed E-state index contributed by atoms with van der Waals surface area (Å²) in [6, 6.07) is 13.1. The molecule has 3 aromatic rings. The maximum absolute atomic E-state index is 14.1. The Balaban J connectivity index is 1.71. The van der Waals surface area contributed by atoms with Gasteiger partial charge in [-0.2, -0.15) is 0 Å². The van der Waals surface area contributed by atoms with E-state index >= 15 is 0 Å². The minimum absolute atomic E-state index is 0.0351. The van der Waals surface area contributed by atoms with Crippen LogP contribution in [0.3, 0.4) is 0 Å². The van der Waals surface area contributed by atoms with Crippen LogP contribution in [0.15, 0.2) is 75.2 Å². The highest BCUT2D eigenvalue weighted by Crippen LogP contribution is 2.36. The first-order valence-electron chi connectivity index (χ1n) is 10.2. The molecule has 3 aromatic carbocycles. The van der Waals surface area contributed by atoms with Crippen LogP contribution in [0.25, 0.3) is 6.08 Å². The monoisotopic (exact) mass is 617 g/mol. The first-order chi connectivity index (χ1) is 17.2. The van der Waals surface area contributed by atoms with Crippen LogP contribution in [-0.4, -0.2) is 22.8 Å². The van der Waals surface area contributed by atoms with Crippen molar-refractivity contribution in [3.8, 4) is 5.75 Å². The van der Waals surface area contributed by atoms with E-state index in [1.165, 1.54) is 24.3 Å². The number of rotatable bonds is 6.